The number of fused-ring (bicyclic) bond motifs is 1. The molecule has 3 N–H and O–H groups in total. The number of nitrogens with zero attached hydrogens (tertiary/aromatic N) is 2. The van der Waals surface area contributed by atoms with Gasteiger partial charge in [-0.3, -0.25) is 5.10 Å². The Labute approximate surface area is 177 Å². The van der Waals surface area contributed by atoms with Crippen LogP contribution < -0.4 is 15.2 Å². The van der Waals surface area contributed by atoms with Crippen LogP contribution in [0.2, 0.25) is 10.0 Å². The van der Waals surface area contributed by atoms with Gasteiger partial charge in [0.2, 0.25) is 11.8 Å². The average molecular weight is 427 g/mol. The Kier molecular flexibility index (Phi) is 5.10. The third-order valence-electron chi connectivity index (χ3n) is 4.73. The van der Waals surface area contributed by atoms with Gasteiger partial charge in [0, 0.05) is 16.3 Å². The maximum Gasteiger partial charge on any atom is 0.244 e. The third-order valence-corrected chi connectivity index (χ3v) is 5.27. The first kappa shape index (κ1) is 19.2. The second-order valence-corrected chi connectivity index (χ2v) is 7.44. The van der Waals surface area contributed by atoms with Crippen molar-refractivity contribution < 1.29 is 9.47 Å². The molecule has 1 aliphatic rings. The molecule has 3 aromatic rings. The van der Waals surface area contributed by atoms with Crippen LogP contribution in [0.3, 0.4) is 0 Å². The predicted octanol–water partition coefficient (Wildman–Crippen LogP) is 4.82. The molecule has 2 aromatic carbocycles. The number of ether oxygens (including phenoxy) is 2. The summed E-state index contributed by atoms with van der Waals surface area (Å²) in [5.41, 5.74) is 9.59. The van der Waals surface area contributed by atoms with Gasteiger partial charge in [-0.15, -0.1) is 5.10 Å². The van der Waals surface area contributed by atoms with Crippen LogP contribution in [0.5, 0.6) is 11.6 Å². The van der Waals surface area contributed by atoms with Gasteiger partial charge in [0.05, 0.1) is 10.9 Å². The van der Waals surface area contributed by atoms with Crippen molar-refractivity contribution >= 4 is 23.2 Å². The fourth-order valence-corrected chi connectivity index (χ4v) is 3.66. The van der Waals surface area contributed by atoms with E-state index in [1.54, 1.807) is 24.3 Å². The maximum absolute atomic E-state index is 9.64. The number of aromatic nitrogens is 2. The van der Waals surface area contributed by atoms with Crippen LogP contribution in [0.4, 0.5) is 0 Å². The lowest BCUT2D eigenvalue weighted by Gasteiger charge is -2.24. The molecule has 0 saturated carbocycles. The molecular formula is C21H16Cl2N4O2. The number of nitrogens with two attached hydrogens (primary N) is 1. The zero-order valence-corrected chi connectivity index (χ0v) is 16.9. The number of aryl methyl sites for hydroxylation is 1. The van der Waals surface area contributed by atoms with Crippen molar-refractivity contribution in [2.24, 2.45) is 5.73 Å². The monoisotopic (exact) mass is 426 g/mol. The fourth-order valence-electron chi connectivity index (χ4n) is 3.29. The van der Waals surface area contributed by atoms with E-state index in [0.717, 1.165) is 22.4 Å². The van der Waals surface area contributed by atoms with Gasteiger partial charge < -0.3 is 15.2 Å². The minimum absolute atomic E-state index is 0.0377. The summed E-state index contributed by atoms with van der Waals surface area (Å²) in [6.07, 6.45) is 0. The highest BCUT2D eigenvalue weighted by Crippen LogP contribution is 2.43. The molecule has 8 heteroatoms. The highest BCUT2D eigenvalue weighted by atomic mass is 35.5. The highest BCUT2D eigenvalue weighted by Gasteiger charge is 2.34. The molecule has 4 rings (SSSR count). The minimum Gasteiger partial charge on any atom is -0.487 e. The zero-order chi connectivity index (χ0) is 20.5. The smallest absolute Gasteiger partial charge is 0.244 e. The molecule has 0 saturated heterocycles. The molecular weight excluding hydrogens is 411 g/mol. The van der Waals surface area contributed by atoms with Crippen LogP contribution in [0.15, 0.2) is 53.9 Å². The van der Waals surface area contributed by atoms with Crippen molar-refractivity contribution in [2.75, 3.05) is 0 Å². The van der Waals surface area contributed by atoms with E-state index >= 15 is 0 Å². The van der Waals surface area contributed by atoms with Crippen LogP contribution >= 0.6 is 23.2 Å². The van der Waals surface area contributed by atoms with Gasteiger partial charge in [-0.05, 0) is 42.3 Å². The van der Waals surface area contributed by atoms with Gasteiger partial charge in [-0.1, -0.05) is 41.4 Å². The van der Waals surface area contributed by atoms with E-state index in [4.69, 9.17) is 38.4 Å². The standard InChI is InChI=1S/C21H16Cl2N4O2/c1-11-18-19(15(9-24)20(25)29-21(18)27-26-11)13-4-7-17(16(23)8-13)28-10-12-2-5-14(22)6-3-12/h2-8,19H,10,25H2,1H3,(H,26,27)/t19-/m0/s1. The van der Waals surface area contributed by atoms with Gasteiger partial charge >= 0.3 is 0 Å². The van der Waals surface area contributed by atoms with E-state index < -0.39 is 5.92 Å². The molecule has 0 bridgehead atoms. The van der Waals surface area contributed by atoms with Crippen LogP contribution in [-0.4, -0.2) is 10.2 Å². The first-order valence-electron chi connectivity index (χ1n) is 8.77. The number of nitriles is 1. The molecule has 6 nitrogen and oxygen atoms in total. The van der Waals surface area contributed by atoms with Crippen molar-refractivity contribution in [3.63, 3.8) is 0 Å². The van der Waals surface area contributed by atoms with E-state index in [9.17, 15) is 5.26 Å². The number of nitrogens with one attached hydrogen (secondary N) is 1. The Morgan fingerprint density at radius 3 is 2.69 bits per heavy atom. The lowest BCUT2D eigenvalue weighted by Crippen LogP contribution is -2.21. The van der Waals surface area contributed by atoms with Crippen LogP contribution in [0.25, 0.3) is 0 Å². The number of rotatable bonds is 4. The SMILES string of the molecule is Cc1[nH]nc2c1[C@@H](c1ccc(OCc3ccc(Cl)cc3)c(Cl)c1)C(C#N)=C(N)O2. The van der Waals surface area contributed by atoms with Crippen LogP contribution in [0, 0.1) is 18.3 Å². The lowest BCUT2D eigenvalue weighted by molar-refractivity contribution is 0.306. The van der Waals surface area contributed by atoms with Crippen LogP contribution in [0.1, 0.15) is 28.3 Å². The molecule has 0 radical (unpaired) electrons. The molecule has 0 spiro atoms. The molecule has 146 valence electrons. The molecule has 1 aromatic heterocycles. The largest absolute Gasteiger partial charge is 0.487 e. The van der Waals surface area contributed by atoms with Gasteiger partial charge in [-0.2, -0.15) is 5.26 Å². The zero-order valence-electron chi connectivity index (χ0n) is 15.4. The number of benzene rings is 2. The summed E-state index contributed by atoms with van der Waals surface area (Å²) in [6, 6.07) is 15.0. The number of hydrogen-bond acceptors (Lipinski definition) is 5. The van der Waals surface area contributed by atoms with E-state index in [1.165, 1.54) is 0 Å². The maximum atomic E-state index is 9.64. The molecule has 0 fully saturated rings. The second kappa shape index (κ2) is 7.70. The van der Waals surface area contributed by atoms with E-state index in [-0.39, 0.29) is 5.88 Å². The summed E-state index contributed by atoms with van der Waals surface area (Å²) >= 11 is 12.4. The Hall–Kier alpha value is -3.14. The Balaban J connectivity index is 1.64. The van der Waals surface area contributed by atoms with Crippen molar-refractivity contribution in [1.82, 2.24) is 10.2 Å². The third kappa shape index (κ3) is 3.63. The highest BCUT2D eigenvalue weighted by molar-refractivity contribution is 6.32. The summed E-state index contributed by atoms with van der Waals surface area (Å²) in [6.45, 7) is 2.22. The quantitative estimate of drug-likeness (QED) is 0.622. The molecule has 2 heterocycles. The lowest BCUT2D eigenvalue weighted by atomic mass is 9.84. The van der Waals surface area contributed by atoms with Crippen molar-refractivity contribution in [3.8, 4) is 17.7 Å². The minimum atomic E-state index is -0.426. The average Bonchev–Trinajstić information content (AvgIpc) is 3.07. The van der Waals surface area contributed by atoms with Crippen molar-refractivity contribution in [3.05, 3.63) is 86.4 Å². The fraction of sp³-hybridized carbons (Fsp3) is 0.143. The van der Waals surface area contributed by atoms with Gasteiger partial charge in [-0.25, -0.2) is 0 Å². The predicted molar refractivity (Wildman–Crippen MR) is 110 cm³/mol. The number of halogens is 2. The topological polar surface area (TPSA) is 97.0 Å². The number of H-pyrrole nitrogens is 1. The van der Waals surface area contributed by atoms with E-state index in [2.05, 4.69) is 16.3 Å². The first-order chi connectivity index (χ1) is 14.0. The Morgan fingerprint density at radius 2 is 2.00 bits per heavy atom. The Bertz CT molecular complexity index is 1150. The van der Waals surface area contributed by atoms with E-state index in [0.29, 0.717) is 33.9 Å². The normalized spacial score (nSPS) is 15.4. The van der Waals surface area contributed by atoms with Gasteiger partial charge in [0.1, 0.15) is 24.0 Å². The molecule has 0 aliphatic carbocycles. The Morgan fingerprint density at radius 1 is 1.24 bits per heavy atom. The number of hydrogen-bond donors (Lipinski definition) is 2. The molecule has 0 unspecified atom stereocenters. The van der Waals surface area contributed by atoms with Crippen molar-refractivity contribution in [1.29, 1.82) is 5.26 Å². The molecule has 0 amide bonds. The van der Waals surface area contributed by atoms with Crippen LogP contribution in [-0.2, 0) is 6.61 Å². The molecule has 29 heavy (non-hydrogen) atoms. The second-order valence-electron chi connectivity index (χ2n) is 6.60. The number of allylic oxidation sites excluding steroid dienone is 1. The molecule has 1 aliphatic heterocycles. The van der Waals surface area contributed by atoms with E-state index in [1.807, 2.05) is 25.1 Å². The van der Waals surface area contributed by atoms with Gasteiger partial charge in [0.15, 0.2) is 0 Å². The summed E-state index contributed by atoms with van der Waals surface area (Å²) in [4.78, 5) is 0. The van der Waals surface area contributed by atoms with Gasteiger partial charge in [0.25, 0.3) is 0 Å². The number of aromatic amines is 1. The summed E-state index contributed by atoms with van der Waals surface area (Å²) in [7, 11) is 0. The first-order valence-corrected chi connectivity index (χ1v) is 9.52. The van der Waals surface area contributed by atoms with Crippen molar-refractivity contribution in [2.45, 2.75) is 19.4 Å². The molecule has 1 atom stereocenters. The summed E-state index contributed by atoms with van der Waals surface area (Å²) in [5.74, 6) is 0.515. The summed E-state index contributed by atoms with van der Waals surface area (Å²) < 4.78 is 11.3. The summed E-state index contributed by atoms with van der Waals surface area (Å²) in [5, 5.41) is 17.7.